The van der Waals surface area contributed by atoms with E-state index in [1.54, 1.807) is 23.1 Å². The highest BCUT2D eigenvalue weighted by Crippen LogP contribution is 2.30. The molecule has 1 aromatic carbocycles. The summed E-state index contributed by atoms with van der Waals surface area (Å²) in [6.45, 7) is 4.74. The zero-order chi connectivity index (χ0) is 22.1. The van der Waals surface area contributed by atoms with E-state index in [2.05, 4.69) is 20.6 Å². The number of rotatable bonds is 5. The molecule has 2 N–H and O–H groups in total. The third-order valence-electron chi connectivity index (χ3n) is 5.50. The van der Waals surface area contributed by atoms with E-state index in [1.165, 1.54) is 6.20 Å². The van der Waals surface area contributed by atoms with Gasteiger partial charge in [-0.3, -0.25) is 9.59 Å². The summed E-state index contributed by atoms with van der Waals surface area (Å²) in [6.07, 6.45) is 1.51. The zero-order valence-corrected chi connectivity index (χ0v) is 18.3. The summed E-state index contributed by atoms with van der Waals surface area (Å²) < 4.78 is 1.96. The summed E-state index contributed by atoms with van der Waals surface area (Å²) in [5.74, 6) is 0.967. The smallest absolute Gasteiger partial charge is 0.253 e. The molecule has 0 aliphatic carbocycles. The molecule has 0 bridgehead atoms. The maximum Gasteiger partial charge on any atom is 0.253 e. The van der Waals surface area contributed by atoms with Gasteiger partial charge in [-0.05, 0) is 37.6 Å². The van der Waals surface area contributed by atoms with Gasteiger partial charge in [-0.15, -0.1) is 0 Å². The number of aryl methyl sites for hydroxylation is 1. The molecule has 160 valence electrons. The fourth-order valence-corrected chi connectivity index (χ4v) is 3.59. The van der Waals surface area contributed by atoms with Gasteiger partial charge >= 0.3 is 0 Å². The van der Waals surface area contributed by atoms with Crippen molar-refractivity contribution < 1.29 is 9.59 Å². The first-order valence-electron chi connectivity index (χ1n) is 9.89. The van der Waals surface area contributed by atoms with Crippen molar-refractivity contribution in [2.45, 2.75) is 26.9 Å². The first-order chi connectivity index (χ1) is 14.8. The number of pyridine rings is 1. The molecule has 8 nitrogen and oxygen atoms in total. The van der Waals surface area contributed by atoms with Crippen molar-refractivity contribution in [1.29, 1.82) is 0 Å². The lowest BCUT2D eigenvalue weighted by Crippen LogP contribution is -2.40. The van der Waals surface area contributed by atoms with Gasteiger partial charge in [0, 0.05) is 24.0 Å². The van der Waals surface area contributed by atoms with Crippen LogP contribution in [0, 0.1) is 13.8 Å². The summed E-state index contributed by atoms with van der Waals surface area (Å²) in [6, 6.07) is 9.00. The molecular formula is C22H23ClN6O2. The molecule has 1 aliphatic rings. The van der Waals surface area contributed by atoms with Crippen LogP contribution >= 0.6 is 11.6 Å². The molecule has 0 fully saturated rings. The molecule has 3 aromatic rings. The van der Waals surface area contributed by atoms with Gasteiger partial charge in [0.25, 0.3) is 5.91 Å². The van der Waals surface area contributed by atoms with Gasteiger partial charge in [0.15, 0.2) is 5.82 Å². The Labute approximate surface area is 185 Å². The number of nitrogens with one attached hydrogen (secondary N) is 2. The molecule has 31 heavy (non-hydrogen) atoms. The standard InChI is InChI=1S/C22H23ClN6O2/c1-13-14(2)28(3)19(27-13)10-26-22(31)16-8-18-21(24-9-16)25-11-20(30)29(18)12-15-4-6-17(23)7-5-15/h4-9H,10-12H2,1-3H3,(H,24,25)(H,26,31). The van der Waals surface area contributed by atoms with Crippen molar-refractivity contribution in [3.8, 4) is 0 Å². The number of hydrogen-bond acceptors (Lipinski definition) is 5. The normalized spacial score (nSPS) is 13.0. The average molecular weight is 439 g/mol. The highest BCUT2D eigenvalue weighted by Gasteiger charge is 2.26. The summed E-state index contributed by atoms with van der Waals surface area (Å²) in [4.78, 5) is 35.8. The number of nitrogens with zero attached hydrogens (tertiary/aromatic N) is 4. The molecule has 0 spiro atoms. The lowest BCUT2D eigenvalue weighted by molar-refractivity contribution is -0.117. The van der Waals surface area contributed by atoms with Crippen molar-refractivity contribution in [1.82, 2.24) is 19.9 Å². The molecule has 1 aliphatic heterocycles. The number of carbonyl (C=O) groups is 2. The molecule has 0 radical (unpaired) electrons. The van der Waals surface area contributed by atoms with Crippen LogP contribution in [0.15, 0.2) is 36.5 Å². The van der Waals surface area contributed by atoms with Crippen LogP contribution < -0.4 is 15.5 Å². The average Bonchev–Trinajstić information content (AvgIpc) is 3.01. The van der Waals surface area contributed by atoms with Gasteiger partial charge in [-0.1, -0.05) is 23.7 Å². The van der Waals surface area contributed by atoms with Crippen LogP contribution in [0.25, 0.3) is 0 Å². The Hall–Kier alpha value is -3.39. The summed E-state index contributed by atoms with van der Waals surface area (Å²) >= 11 is 5.96. The molecule has 2 amide bonds. The van der Waals surface area contributed by atoms with E-state index in [-0.39, 0.29) is 18.4 Å². The zero-order valence-electron chi connectivity index (χ0n) is 17.6. The summed E-state index contributed by atoms with van der Waals surface area (Å²) in [5.41, 5.74) is 3.87. The Morgan fingerprint density at radius 1 is 1.26 bits per heavy atom. The van der Waals surface area contributed by atoms with Gasteiger partial charge in [0.1, 0.15) is 5.82 Å². The second-order valence-corrected chi connectivity index (χ2v) is 7.93. The van der Waals surface area contributed by atoms with Crippen molar-refractivity contribution in [2.24, 2.45) is 7.05 Å². The number of benzene rings is 1. The number of carbonyl (C=O) groups excluding carboxylic acids is 2. The first-order valence-corrected chi connectivity index (χ1v) is 10.3. The molecule has 0 unspecified atom stereocenters. The number of imidazole rings is 1. The van der Waals surface area contributed by atoms with Crippen molar-refractivity contribution >= 4 is 34.9 Å². The third kappa shape index (κ3) is 4.25. The Morgan fingerprint density at radius 3 is 2.68 bits per heavy atom. The minimum atomic E-state index is -0.280. The van der Waals surface area contributed by atoms with Crippen LogP contribution in [-0.4, -0.2) is 32.9 Å². The molecular weight excluding hydrogens is 416 g/mol. The molecule has 0 saturated carbocycles. The Kier molecular flexibility index (Phi) is 5.65. The van der Waals surface area contributed by atoms with E-state index in [0.717, 1.165) is 22.8 Å². The number of halogens is 1. The maximum atomic E-state index is 12.8. The van der Waals surface area contributed by atoms with E-state index in [9.17, 15) is 9.59 Å². The van der Waals surface area contributed by atoms with Crippen LogP contribution in [0.3, 0.4) is 0 Å². The van der Waals surface area contributed by atoms with Crippen molar-refractivity contribution in [3.05, 3.63) is 69.9 Å². The number of fused-ring (bicyclic) bond motifs is 1. The van der Waals surface area contributed by atoms with Crippen LogP contribution in [0.5, 0.6) is 0 Å². The minimum Gasteiger partial charge on any atom is -0.359 e. The van der Waals surface area contributed by atoms with E-state index >= 15 is 0 Å². The topological polar surface area (TPSA) is 92.2 Å². The van der Waals surface area contributed by atoms with Crippen molar-refractivity contribution in [2.75, 3.05) is 16.8 Å². The van der Waals surface area contributed by atoms with Crippen LogP contribution in [0.2, 0.25) is 5.02 Å². The lowest BCUT2D eigenvalue weighted by atomic mass is 10.1. The number of amides is 2. The second kappa shape index (κ2) is 8.39. The molecule has 9 heteroatoms. The van der Waals surface area contributed by atoms with Gasteiger partial charge in [-0.25, -0.2) is 9.97 Å². The largest absolute Gasteiger partial charge is 0.359 e. The van der Waals surface area contributed by atoms with Gasteiger partial charge in [0.2, 0.25) is 5.91 Å². The highest BCUT2D eigenvalue weighted by atomic mass is 35.5. The van der Waals surface area contributed by atoms with Crippen LogP contribution in [0.1, 0.15) is 33.1 Å². The summed E-state index contributed by atoms with van der Waals surface area (Å²) in [7, 11) is 1.92. The van der Waals surface area contributed by atoms with E-state index in [0.29, 0.717) is 35.2 Å². The Bertz CT molecular complexity index is 1160. The van der Waals surface area contributed by atoms with Gasteiger partial charge in [-0.2, -0.15) is 0 Å². The number of anilines is 2. The molecule has 0 atom stereocenters. The first kappa shape index (κ1) is 20.9. The van der Waals surface area contributed by atoms with E-state index < -0.39 is 0 Å². The summed E-state index contributed by atoms with van der Waals surface area (Å²) in [5, 5.41) is 6.53. The highest BCUT2D eigenvalue weighted by molar-refractivity contribution is 6.30. The van der Waals surface area contributed by atoms with Crippen LogP contribution in [0.4, 0.5) is 11.5 Å². The predicted molar refractivity (Wildman–Crippen MR) is 119 cm³/mol. The maximum absolute atomic E-state index is 12.8. The SMILES string of the molecule is Cc1nc(CNC(=O)c2cnc3c(c2)N(Cc2ccc(Cl)cc2)C(=O)CN3)n(C)c1C. The number of aromatic nitrogens is 3. The third-order valence-corrected chi connectivity index (χ3v) is 5.75. The fraction of sp³-hybridized carbons (Fsp3) is 0.273. The van der Waals surface area contributed by atoms with Crippen LogP contribution in [-0.2, 0) is 24.9 Å². The fourth-order valence-electron chi connectivity index (χ4n) is 3.46. The molecule has 3 heterocycles. The van der Waals surface area contributed by atoms with E-state index in [4.69, 9.17) is 11.6 Å². The Balaban J connectivity index is 1.54. The molecule has 0 saturated heterocycles. The molecule has 4 rings (SSSR count). The lowest BCUT2D eigenvalue weighted by Gasteiger charge is -2.29. The number of hydrogen-bond donors (Lipinski definition) is 2. The van der Waals surface area contributed by atoms with E-state index in [1.807, 2.05) is 37.6 Å². The molecule has 2 aromatic heterocycles. The monoisotopic (exact) mass is 438 g/mol. The Morgan fingerprint density at radius 2 is 2.00 bits per heavy atom. The van der Waals surface area contributed by atoms with Gasteiger partial charge < -0.3 is 20.1 Å². The predicted octanol–water partition coefficient (Wildman–Crippen LogP) is 2.97. The van der Waals surface area contributed by atoms with Gasteiger partial charge in [0.05, 0.1) is 36.6 Å². The van der Waals surface area contributed by atoms with Crippen molar-refractivity contribution in [3.63, 3.8) is 0 Å². The minimum absolute atomic E-state index is 0.0965. The second-order valence-electron chi connectivity index (χ2n) is 7.49. The quantitative estimate of drug-likeness (QED) is 0.639.